The van der Waals surface area contributed by atoms with Crippen LogP contribution in [0.2, 0.25) is 0 Å². The molecule has 0 aromatic rings. The van der Waals surface area contributed by atoms with E-state index in [-0.39, 0.29) is 5.60 Å². The molecule has 0 atom stereocenters. The Kier molecular flexibility index (Phi) is 6.16. The number of hydrogen-bond donors (Lipinski definition) is 2. The number of hydrogen-bond acceptors (Lipinski definition) is 3. The average Bonchev–Trinajstić information content (AvgIpc) is 2.16. The van der Waals surface area contributed by atoms with Crippen molar-refractivity contribution < 1.29 is 19.4 Å². The minimum atomic E-state index is -0.818. The van der Waals surface area contributed by atoms with Crippen LogP contribution in [0.25, 0.3) is 0 Å². The lowest BCUT2D eigenvalue weighted by Crippen LogP contribution is -2.32. The fourth-order valence-electron chi connectivity index (χ4n) is 1.19. The van der Waals surface area contributed by atoms with E-state index in [9.17, 15) is 9.59 Å². The summed E-state index contributed by atoms with van der Waals surface area (Å²) in [4.78, 5) is 21.0. The van der Waals surface area contributed by atoms with Crippen molar-refractivity contribution in [3.8, 4) is 0 Å². The van der Waals surface area contributed by atoms with Crippen LogP contribution in [0.4, 0.5) is 0 Å². The van der Waals surface area contributed by atoms with Gasteiger partial charge in [0, 0.05) is 13.2 Å². The number of carbonyl (C=O) groups excluding carboxylic acids is 1. The summed E-state index contributed by atoms with van der Waals surface area (Å²) in [6.07, 6.45) is 1.82. The van der Waals surface area contributed by atoms with Crippen molar-refractivity contribution in [2.45, 2.75) is 46.1 Å². The van der Waals surface area contributed by atoms with Gasteiger partial charge in [0.15, 0.2) is 0 Å². The smallest absolute Gasteiger partial charge is 0.309 e. The van der Waals surface area contributed by atoms with Gasteiger partial charge in [0.1, 0.15) is 0 Å². The van der Waals surface area contributed by atoms with Crippen molar-refractivity contribution in [3.63, 3.8) is 0 Å². The number of carboxylic acids is 1. The van der Waals surface area contributed by atoms with Crippen molar-refractivity contribution >= 4 is 12.4 Å². The van der Waals surface area contributed by atoms with Crippen molar-refractivity contribution in [3.05, 3.63) is 0 Å². The molecule has 0 fully saturated rings. The molecule has 0 aromatic carbocycles. The molecule has 17 heavy (non-hydrogen) atoms. The normalized spacial score (nSPS) is 12.2. The quantitative estimate of drug-likeness (QED) is 0.476. The van der Waals surface area contributed by atoms with Crippen molar-refractivity contribution in [1.82, 2.24) is 5.32 Å². The highest BCUT2D eigenvalue weighted by atomic mass is 16.5. The van der Waals surface area contributed by atoms with Gasteiger partial charge in [-0.2, -0.15) is 0 Å². The molecule has 2 N–H and O–H groups in total. The van der Waals surface area contributed by atoms with Gasteiger partial charge in [0.05, 0.1) is 11.0 Å². The molecule has 0 aromatic heterocycles. The number of aliphatic carboxylic acids is 1. The standard InChI is InChI=1S/C12H23NO4/c1-11(2,10(15)16)6-8-17-12(3,4)5-7-13-9-14/h9H,5-8H2,1-4H3,(H,13,14)(H,15,16). The van der Waals surface area contributed by atoms with Gasteiger partial charge in [-0.1, -0.05) is 0 Å². The van der Waals surface area contributed by atoms with E-state index >= 15 is 0 Å². The maximum atomic E-state index is 10.9. The van der Waals surface area contributed by atoms with Crippen LogP contribution in [0.1, 0.15) is 40.5 Å². The van der Waals surface area contributed by atoms with E-state index in [0.717, 1.165) is 0 Å². The minimum absolute atomic E-state index is 0.357. The molecule has 5 heteroatoms. The molecule has 100 valence electrons. The molecular weight excluding hydrogens is 222 g/mol. The molecule has 0 bridgehead atoms. The zero-order valence-corrected chi connectivity index (χ0v) is 11.1. The topological polar surface area (TPSA) is 75.6 Å². The third kappa shape index (κ3) is 6.94. The number of rotatable bonds is 9. The summed E-state index contributed by atoms with van der Waals surface area (Å²) in [7, 11) is 0. The Balaban J connectivity index is 3.93. The molecule has 0 radical (unpaired) electrons. The molecule has 0 saturated carbocycles. The summed E-state index contributed by atoms with van der Waals surface area (Å²) in [5.41, 5.74) is -1.12. The van der Waals surface area contributed by atoms with Gasteiger partial charge in [-0.05, 0) is 40.5 Å². The molecule has 0 saturated heterocycles. The summed E-state index contributed by atoms with van der Waals surface area (Å²) in [5, 5.41) is 11.5. The van der Waals surface area contributed by atoms with Gasteiger partial charge in [-0.15, -0.1) is 0 Å². The number of amides is 1. The maximum absolute atomic E-state index is 10.9. The van der Waals surface area contributed by atoms with Gasteiger partial charge >= 0.3 is 5.97 Å². The number of nitrogens with one attached hydrogen (secondary N) is 1. The molecule has 5 nitrogen and oxygen atoms in total. The molecule has 0 unspecified atom stereocenters. The Bertz CT molecular complexity index is 261. The SMILES string of the molecule is CC(C)(CCNC=O)OCCC(C)(C)C(=O)O. The Morgan fingerprint density at radius 1 is 1.29 bits per heavy atom. The second kappa shape index (κ2) is 6.59. The largest absolute Gasteiger partial charge is 0.481 e. The minimum Gasteiger partial charge on any atom is -0.481 e. The molecule has 1 amide bonds. The van der Waals surface area contributed by atoms with E-state index in [2.05, 4.69) is 5.32 Å². The summed E-state index contributed by atoms with van der Waals surface area (Å²) in [6, 6.07) is 0. The van der Waals surface area contributed by atoms with Gasteiger partial charge in [0.2, 0.25) is 6.41 Å². The van der Waals surface area contributed by atoms with Crippen LogP contribution in [0.15, 0.2) is 0 Å². The molecule has 0 spiro atoms. The molecule has 0 heterocycles. The number of carbonyl (C=O) groups is 2. The van der Waals surface area contributed by atoms with Gasteiger partial charge in [-0.25, -0.2) is 0 Å². The zero-order valence-electron chi connectivity index (χ0n) is 11.1. The lowest BCUT2D eigenvalue weighted by atomic mass is 9.90. The van der Waals surface area contributed by atoms with Crippen molar-refractivity contribution in [2.75, 3.05) is 13.2 Å². The summed E-state index contributed by atoms with van der Waals surface area (Å²) < 4.78 is 5.64. The van der Waals surface area contributed by atoms with Gasteiger partial charge in [-0.3, -0.25) is 9.59 Å². The molecular formula is C12H23NO4. The van der Waals surface area contributed by atoms with Crippen LogP contribution in [-0.2, 0) is 14.3 Å². The van der Waals surface area contributed by atoms with Crippen LogP contribution in [0.5, 0.6) is 0 Å². The number of carboxylic acid groups (broad SMARTS) is 1. The van der Waals surface area contributed by atoms with Crippen LogP contribution in [-0.4, -0.2) is 36.2 Å². The van der Waals surface area contributed by atoms with E-state index in [4.69, 9.17) is 9.84 Å². The summed E-state index contributed by atoms with van der Waals surface area (Å²) in [6.45, 7) is 8.16. The van der Waals surface area contributed by atoms with E-state index in [1.165, 1.54) is 0 Å². The fourth-order valence-corrected chi connectivity index (χ4v) is 1.19. The Morgan fingerprint density at radius 2 is 1.88 bits per heavy atom. The first-order valence-electron chi connectivity index (χ1n) is 5.76. The highest BCUT2D eigenvalue weighted by Crippen LogP contribution is 2.22. The first-order valence-corrected chi connectivity index (χ1v) is 5.76. The monoisotopic (exact) mass is 245 g/mol. The van der Waals surface area contributed by atoms with Crippen LogP contribution in [0.3, 0.4) is 0 Å². The van der Waals surface area contributed by atoms with Crippen molar-refractivity contribution in [2.24, 2.45) is 5.41 Å². The van der Waals surface area contributed by atoms with E-state index < -0.39 is 11.4 Å². The summed E-state index contributed by atoms with van der Waals surface area (Å²) >= 11 is 0. The third-order valence-corrected chi connectivity index (χ3v) is 2.75. The van der Waals surface area contributed by atoms with E-state index in [0.29, 0.717) is 32.4 Å². The van der Waals surface area contributed by atoms with Crippen LogP contribution < -0.4 is 5.32 Å². The molecule has 0 rings (SSSR count). The van der Waals surface area contributed by atoms with Crippen molar-refractivity contribution in [1.29, 1.82) is 0 Å². The fraction of sp³-hybridized carbons (Fsp3) is 0.833. The Hall–Kier alpha value is -1.10. The van der Waals surface area contributed by atoms with E-state index in [1.54, 1.807) is 13.8 Å². The lowest BCUT2D eigenvalue weighted by molar-refractivity contribution is -0.149. The zero-order chi connectivity index (χ0) is 13.5. The average molecular weight is 245 g/mol. The van der Waals surface area contributed by atoms with Crippen LogP contribution >= 0.6 is 0 Å². The second-order valence-corrected chi connectivity index (χ2v) is 5.37. The lowest BCUT2D eigenvalue weighted by Gasteiger charge is -2.27. The third-order valence-electron chi connectivity index (χ3n) is 2.75. The number of ether oxygens (including phenoxy) is 1. The van der Waals surface area contributed by atoms with Gasteiger partial charge in [0.25, 0.3) is 0 Å². The van der Waals surface area contributed by atoms with E-state index in [1.807, 2.05) is 13.8 Å². The van der Waals surface area contributed by atoms with Gasteiger partial charge < -0.3 is 15.2 Å². The van der Waals surface area contributed by atoms with Crippen LogP contribution in [0, 0.1) is 5.41 Å². The highest BCUT2D eigenvalue weighted by Gasteiger charge is 2.28. The Labute approximate surface area is 103 Å². The molecule has 0 aliphatic carbocycles. The predicted octanol–water partition coefficient (Wildman–Crippen LogP) is 1.42. The Morgan fingerprint density at radius 3 is 2.35 bits per heavy atom. The summed E-state index contributed by atoms with van der Waals surface area (Å²) in [5.74, 6) is -0.818. The highest BCUT2D eigenvalue weighted by molar-refractivity contribution is 5.73. The first kappa shape index (κ1) is 15.9. The molecule has 0 aliphatic heterocycles. The molecule has 0 aliphatic rings. The predicted molar refractivity (Wildman–Crippen MR) is 64.7 cm³/mol. The maximum Gasteiger partial charge on any atom is 0.309 e. The first-order chi connectivity index (χ1) is 7.71. The second-order valence-electron chi connectivity index (χ2n) is 5.37.